The van der Waals surface area contributed by atoms with Crippen molar-refractivity contribution in [2.45, 2.75) is 20.3 Å². The molecule has 0 aliphatic heterocycles. The van der Waals surface area contributed by atoms with Crippen LogP contribution in [0.1, 0.15) is 20.3 Å². The van der Waals surface area contributed by atoms with Crippen molar-refractivity contribution in [2.24, 2.45) is 11.3 Å². The lowest BCUT2D eigenvalue weighted by Gasteiger charge is -2.04. The minimum absolute atomic E-state index is 0.0602. The summed E-state index contributed by atoms with van der Waals surface area (Å²) in [4.78, 5) is 10.9. The second-order valence-corrected chi connectivity index (χ2v) is 3.01. The average molecular weight is 128 g/mol. The zero-order chi connectivity index (χ0) is 7.07. The molecule has 1 unspecified atom stereocenters. The Hall–Kier alpha value is -0.530. The first-order valence-corrected chi connectivity index (χ1v) is 3.19. The fourth-order valence-corrected chi connectivity index (χ4v) is 1.09. The van der Waals surface area contributed by atoms with Crippen LogP contribution in [0, 0.1) is 11.3 Å². The summed E-state index contributed by atoms with van der Waals surface area (Å²) in [5.41, 5.74) is -0.144. The van der Waals surface area contributed by atoms with Gasteiger partial charge in [-0.3, -0.25) is 4.79 Å². The Morgan fingerprint density at radius 1 is 1.78 bits per heavy atom. The molecule has 52 valence electrons. The molecule has 2 atom stereocenters. The zero-order valence-electron chi connectivity index (χ0n) is 6.10. The van der Waals surface area contributed by atoms with Crippen LogP contribution in [0.2, 0.25) is 0 Å². The highest BCUT2D eigenvalue weighted by atomic mass is 16.5. The van der Waals surface area contributed by atoms with Crippen LogP contribution in [0.4, 0.5) is 0 Å². The molecule has 0 spiro atoms. The standard InChI is InChI=1S/C7H12O2/c1-5-4-7(5,2)6(8)9-3/h5H,4H2,1-3H3/t5?,7-/m0/s1. The number of carbonyl (C=O) groups excluding carboxylic acids is 1. The molecule has 0 N–H and O–H groups in total. The summed E-state index contributed by atoms with van der Waals surface area (Å²) < 4.78 is 4.61. The third-order valence-corrected chi connectivity index (χ3v) is 2.31. The van der Waals surface area contributed by atoms with E-state index in [9.17, 15) is 4.79 Å². The Morgan fingerprint density at radius 2 is 2.22 bits per heavy atom. The highest BCUT2D eigenvalue weighted by molar-refractivity contribution is 5.79. The number of esters is 1. The zero-order valence-corrected chi connectivity index (χ0v) is 6.10. The van der Waals surface area contributed by atoms with Crippen molar-refractivity contribution in [1.29, 1.82) is 0 Å². The van der Waals surface area contributed by atoms with E-state index in [0.29, 0.717) is 5.92 Å². The van der Waals surface area contributed by atoms with Gasteiger partial charge in [-0.1, -0.05) is 6.92 Å². The molecule has 0 aromatic rings. The summed E-state index contributed by atoms with van der Waals surface area (Å²) in [6, 6.07) is 0. The van der Waals surface area contributed by atoms with Crippen LogP contribution in [0.3, 0.4) is 0 Å². The van der Waals surface area contributed by atoms with Gasteiger partial charge >= 0.3 is 5.97 Å². The highest BCUT2D eigenvalue weighted by Crippen LogP contribution is 2.52. The summed E-state index contributed by atoms with van der Waals surface area (Å²) in [7, 11) is 1.44. The second-order valence-electron chi connectivity index (χ2n) is 3.01. The minimum atomic E-state index is -0.144. The van der Waals surface area contributed by atoms with Gasteiger partial charge in [0.15, 0.2) is 0 Å². The van der Waals surface area contributed by atoms with Crippen molar-refractivity contribution < 1.29 is 9.53 Å². The van der Waals surface area contributed by atoms with Gasteiger partial charge in [-0.25, -0.2) is 0 Å². The molecule has 1 fully saturated rings. The van der Waals surface area contributed by atoms with Crippen molar-refractivity contribution in [3.63, 3.8) is 0 Å². The molecule has 0 radical (unpaired) electrons. The Labute approximate surface area is 55.2 Å². The van der Waals surface area contributed by atoms with Gasteiger partial charge in [0.25, 0.3) is 0 Å². The molecule has 0 bridgehead atoms. The fourth-order valence-electron chi connectivity index (χ4n) is 1.09. The molecule has 0 saturated heterocycles. The van der Waals surface area contributed by atoms with Crippen LogP contribution >= 0.6 is 0 Å². The third kappa shape index (κ3) is 0.824. The maximum absolute atomic E-state index is 10.9. The van der Waals surface area contributed by atoms with Crippen LogP contribution < -0.4 is 0 Å². The molecule has 0 heterocycles. The summed E-state index contributed by atoms with van der Waals surface area (Å²) in [5.74, 6) is 0.458. The molecule has 0 amide bonds. The van der Waals surface area contributed by atoms with E-state index in [4.69, 9.17) is 0 Å². The largest absolute Gasteiger partial charge is 0.469 e. The van der Waals surface area contributed by atoms with Crippen molar-refractivity contribution >= 4 is 5.97 Å². The van der Waals surface area contributed by atoms with Gasteiger partial charge in [-0.15, -0.1) is 0 Å². The van der Waals surface area contributed by atoms with Gasteiger partial charge in [0, 0.05) is 0 Å². The van der Waals surface area contributed by atoms with Gasteiger partial charge in [-0.05, 0) is 19.3 Å². The molecule has 0 aromatic heterocycles. The third-order valence-electron chi connectivity index (χ3n) is 2.31. The number of hydrogen-bond donors (Lipinski definition) is 0. The SMILES string of the molecule is COC(=O)[C@@]1(C)CC1C. The molecule has 1 aliphatic rings. The van der Waals surface area contributed by atoms with Gasteiger partial charge in [0.05, 0.1) is 12.5 Å². The van der Waals surface area contributed by atoms with Crippen LogP contribution in [0.5, 0.6) is 0 Å². The van der Waals surface area contributed by atoms with E-state index in [2.05, 4.69) is 11.7 Å². The Morgan fingerprint density at radius 3 is 2.33 bits per heavy atom. The molecular weight excluding hydrogens is 116 g/mol. The van der Waals surface area contributed by atoms with Crippen LogP contribution in [0.15, 0.2) is 0 Å². The van der Waals surface area contributed by atoms with E-state index in [-0.39, 0.29) is 11.4 Å². The van der Waals surface area contributed by atoms with E-state index in [1.807, 2.05) is 6.92 Å². The Balaban J connectivity index is 2.53. The summed E-state index contributed by atoms with van der Waals surface area (Å²) in [6.45, 7) is 4.01. The first-order chi connectivity index (χ1) is 4.11. The van der Waals surface area contributed by atoms with E-state index in [1.54, 1.807) is 0 Å². The van der Waals surface area contributed by atoms with E-state index < -0.39 is 0 Å². The molecule has 9 heavy (non-hydrogen) atoms. The van der Waals surface area contributed by atoms with E-state index in [0.717, 1.165) is 6.42 Å². The molecular formula is C7H12O2. The topological polar surface area (TPSA) is 26.3 Å². The van der Waals surface area contributed by atoms with Crippen LogP contribution in [0.25, 0.3) is 0 Å². The maximum atomic E-state index is 10.9. The second kappa shape index (κ2) is 1.72. The summed E-state index contributed by atoms with van der Waals surface area (Å²) in [5, 5.41) is 0. The lowest BCUT2D eigenvalue weighted by molar-refractivity contribution is -0.146. The molecule has 2 heteroatoms. The molecule has 1 saturated carbocycles. The number of ether oxygens (including phenoxy) is 1. The molecule has 1 rings (SSSR count). The molecule has 0 aromatic carbocycles. The van der Waals surface area contributed by atoms with Gasteiger partial charge in [0.2, 0.25) is 0 Å². The van der Waals surface area contributed by atoms with Gasteiger partial charge in [0.1, 0.15) is 0 Å². The number of methoxy groups -OCH3 is 1. The van der Waals surface area contributed by atoms with Gasteiger partial charge < -0.3 is 4.74 Å². The Kier molecular flexibility index (Phi) is 1.26. The van der Waals surface area contributed by atoms with Crippen LogP contribution in [-0.2, 0) is 9.53 Å². The van der Waals surface area contributed by atoms with E-state index in [1.165, 1.54) is 7.11 Å². The number of hydrogen-bond acceptors (Lipinski definition) is 2. The average Bonchev–Trinajstić information content (AvgIpc) is 2.41. The highest BCUT2D eigenvalue weighted by Gasteiger charge is 2.54. The molecule has 1 aliphatic carbocycles. The van der Waals surface area contributed by atoms with E-state index >= 15 is 0 Å². The normalized spacial score (nSPS) is 40.1. The first-order valence-electron chi connectivity index (χ1n) is 3.19. The number of rotatable bonds is 1. The van der Waals surface area contributed by atoms with Crippen molar-refractivity contribution in [1.82, 2.24) is 0 Å². The fraction of sp³-hybridized carbons (Fsp3) is 0.857. The predicted octanol–water partition coefficient (Wildman–Crippen LogP) is 1.21. The smallest absolute Gasteiger partial charge is 0.311 e. The maximum Gasteiger partial charge on any atom is 0.311 e. The van der Waals surface area contributed by atoms with Crippen molar-refractivity contribution in [2.75, 3.05) is 7.11 Å². The Bertz CT molecular complexity index is 142. The van der Waals surface area contributed by atoms with Crippen LogP contribution in [-0.4, -0.2) is 13.1 Å². The van der Waals surface area contributed by atoms with Gasteiger partial charge in [-0.2, -0.15) is 0 Å². The minimum Gasteiger partial charge on any atom is -0.469 e. The van der Waals surface area contributed by atoms with Crippen molar-refractivity contribution in [3.05, 3.63) is 0 Å². The lowest BCUT2D eigenvalue weighted by Crippen LogP contribution is -2.14. The summed E-state index contributed by atoms with van der Waals surface area (Å²) in [6.07, 6.45) is 0.986. The summed E-state index contributed by atoms with van der Waals surface area (Å²) >= 11 is 0. The van der Waals surface area contributed by atoms with Crippen molar-refractivity contribution in [3.8, 4) is 0 Å². The quantitative estimate of drug-likeness (QED) is 0.496. The number of carbonyl (C=O) groups is 1. The predicted molar refractivity (Wildman–Crippen MR) is 33.9 cm³/mol. The molecule has 2 nitrogen and oxygen atoms in total. The first kappa shape index (κ1) is 6.59. The monoisotopic (exact) mass is 128 g/mol. The lowest BCUT2D eigenvalue weighted by atomic mass is 10.1.